The Bertz CT molecular complexity index is 530. The molecular weight excluding hydrogens is 282 g/mol. The van der Waals surface area contributed by atoms with Crippen LogP contribution in [0.4, 0.5) is 0 Å². The van der Waals surface area contributed by atoms with Crippen LogP contribution in [0.5, 0.6) is 5.75 Å². The Morgan fingerprint density at radius 1 is 1.14 bits per heavy atom. The van der Waals surface area contributed by atoms with Crippen molar-refractivity contribution in [2.45, 2.75) is 57.6 Å². The number of rotatable bonds is 5. The quantitative estimate of drug-likeness (QED) is 0.877. The molecule has 1 fully saturated rings. The van der Waals surface area contributed by atoms with Crippen LogP contribution in [-0.4, -0.2) is 28.6 Å². The maximum Gasteiger partial charge on any atom is 0.328 e. The van der Waals surface area contributed by atoms with E-state index in [1.807, 2.05) is 0 Å². The van der Waals surface area contributed by atoms with Crippen LogP contribution in [0.3, 0.4) is 0 Å². The molecule has 0 aliphatic heterocycles. The van der Waals surface area contributed by atoms with Gasteiger partial charge in [0, 0.05) is 5.56 Å². The fourth-order valence-electron chi connectivity index (χ4n) is 2.47. The third-order valence-electron chi connectivity index (χ3n) is 3.93. The van der Waals surface area contributed by atoms with Crippen molar-refractivity contribution in [1.29, 1.82) is 0 Å². The average Bonchev–Trinajstić information content (AvgIpc) is 2.48. The summed E-state index contributed by atoms with van der Waals surface area (Å²) in [7, 11) is 0. The Balaban J connectivity index is 1.96. The second-order valence-corrected chi connectivity index (χ2v) is 6.29. The van der Waals surface area contributed by atoms with Gasteiger partial charge >= 0.3 is 5.97 Å². The van der Waals surface area contributed by atoms with Crippen molar-refractivity contribution in [2.24, 2.45) is 0 Å². The number of amides is 1. The van der Waals surface area contributed by atoms with Crippen LogP contribution in [-0.2, 0) is 4.79 Å². The lowest BCUT2D eigenvalue weighted by Gasteiger charge is -2.23. The van der Waals surface area contributed by atoms with Crippen LogP contribution in [0.15, 0.2) is 24.3 Å². The molecule has 1 aromatic carbocycles. The van der Waals surface area contributed by atoms with Gasteiger partial charge in [-0.2, -0.15) is 0 Å². The highest BCUT2D eigenvalue weighted by Crippen LogP contribution is 2.23. The van der Waals surface area contributed by atoms with Gasteiger partial charge in [0.1, 0.15) is 11.3 Å². The van der Waals surface area contributed by atoms with Crippen LogP contribution >= 0.6 is 0 Å². The summed E-state index contributed by atoms with van der Waals surface area (Å²) in [6.07, 6.45) is 6.10. The zero-order valence-electron chi connectivity index (χ0n) is 13.1. The second kappa shape index (κ2) is 6.81. The molecule has 5 nitrogen and oxygen atoms in total. The van der Waals surface area contributed by atoms with Crippen molar-refractivity contribution in [2.75, 3.05) is 0 Å². The summed E-state index contributed by atoms with van der Waals surface area (Å²) in [5.74, 6) is -0.726. The van der Waals surface area contributed by atoms with E-state index >= 15 is 0 Å². The first-order valence-corrected chi connectivity index (χ1v) is 7.71. The molecule has 0 radical (unpaired) electrons. The van der Waals surface area contributed by atoms with Crippen LogP contribution in [0.25, 0.3) is 0 Å². The third kappa shape index (κ3) is 4.23. The van der Waals surface area contributed by atoms with Gasteiger partial charge < -0.3 is 15.2 Å². The zero-order valence-corrected chi connectivity index (χ0v) is 13.1. The highest BCUT2D eigenvalue weighted by Gasteiger charge is 2.29. The predicted octanol–water partition coefficient (Wildman–Crippen LogP) is 2.99. The molecule has 0 atom stereocenters. The second-order valence-electron chi connectivity index (χ2n) is 6.29. The largest absolute Gasteiger partial charge is 0.490 e. The molecule has 5 heteroatoms. The van der Waals surface area contributed by atoms with E-state index in [1.165, 1.54) is 33.1 Å². The number of hydrogen-bond donors (Lipinski definition) is 2. The number of carbonyl (C=O) groups is 2. The summed E-state index contributed by atoms with van der Waals surface area (Å²) < 4.78 is 5.90. The first kappa shape index (κ1) is 16.3. The molecule has 1 aliphatic carbocycles. The van der Waals surface area contributed by atoms with Crippen molar-refractivity contribution in [3.05, 3.63) is 29.8 Å². The minimum atomic E-state index is -1.30. The highest BCUT2D eigenvalue weighted by atomic mass is 16.5. The molecule has 2 N–H and O–H groups in total. The van der Waals surface area contributed by atoms with Crippen LogP contribution in [0.1, 0.15) is 56.3 Å². The Labute approximate surface area is 130 Å². The number of hydrogen-bond acceptors (Lipinski definition) is 3. The lowest BCUT2D eigenvalue weighted by atomic mass is 9.98. The molecule has 0 spiro atoms. The van der Waals surface area contributed by atoms with Crippen LogP contribution in [0.2, 0.25) is 0 Å². The number of benzene rings is 1. The average molecular weight is 305 g/mol. The van der Waals surface area contributed by atoms with Gasteiger partial charge in [-0.15, -0.1) is 0 Å². The van der Waals surface area contributed by atoms with Crippen molar-refractivity contribution in [3.8, 4) is 5.75 Å². The van der Waals surface area contributed by atoms with Crippen molar-refractivity contribution in [1.82, 2.24) is 5.32 Å². The molecule has 1 saturated carbocycles. The Hall–Kier alpha value is -2.04. The molecule has 0 heterocycles. The summed E-state index contributed by atoms with van der Waals surface area (Å²) in [4.78, 5) is 23.1. The molecule has 0 saturated heterocycles. The van der Waals surface area contributed by atoms with E-state index in [0.717, 1.165) is 18.6 Å². The minimum Gasteiger partial charge on any atom is -0.490 e. The first-order valence-electron chi connectivity index (χ1n) is 7.71. The van der Waals surface area contributed by atoms with E-state index in [4.69, 9.17) is 9.84 Å². The van der Waals surface area contributed by atoms with E-state index in [9.17, 15) is 9.59 Å². The van der Waals surface area contributed by atoms with Gasteiger partial charge in [0.15, 0.2) is 0 Å². The van der Waals surface area contributed by atoms with Crippen molar-refractivity contribution < 1.29 is 19.4 Å². The molecule has 0 aromatic heterocycles. The van der Waals surface area contributed by atoms with E-state index in [0.29, 0.717) is 5.56 Å². The Morgan fingerprint density at radius 2 is 1.73 bits per heavy atom. The molecule has 22 heavy (non-hydrogen) atoms. The summed E-state index contributed by atoms with van der Waals surface area (Å²) in [5.41, 5.74) is -0.876. The smallest absolute Gasteiger partial charge is 0.328 e. The monoisotopic (exact) mass is 305 g/mol. The fraction of sp³-hybridized carbons (Fsp3) is 0.529. The maximum absolute atomic E-state index is 12.1. The molecule has 120 valence electrons. The molecule has 1 aromatic rings. The number of carboxylic acid groups (broad SMARTS) is 1. The predicted molar refractivity (Wildman–Crippen MR) is 83.1 cm³/mol. The van der Waals surface area contributed by atoms with Crippen LogP contribution in [0, 0.1) is 0 Å². The molecule has 0 bridgehead atoms. The fourth-order valence-corrected chi connectivity index (χ4v) is 2.47. The molecular formula is C17H23NO4. The van der Waals surface area contributed by atoms with Gasteiger partial charge in [-0.25, -0.2) is 4.79 Å². The molecule has 0 unspecified atom stereocenters. The molecule has 1 amide bonds. The molecule has 2 rings (SSSR count). The van der Waals surface area contributed by atoms with E-state index in [-0.39, 0.29) is 6.10 Å². The van der Waals surface area contributed by atoms with E-state index in [1.54, 1.807) is 24.3 Å². The van der Waals surface area contributed by atoms with E-state index < -0.39 is 17.4 Å². The minimum absolute atomic E-state index is 0.263. The van der Waals surface area contributed by atoms with Gasteiger partial charge in [0.05, 0.1) is 6.10 Å². The van der Waals surface area contributed by atoms with Crippen LogP contribution < -0.4 is 10.1 Å². The standard InChI is InChI=1S/C17H23NO4/c1-17(2,16(20)21)18-15(19)12-8-10-14(11-9-12)22-13-6-4-3-5-7-13/h8-11,13H,3-7H2,1-2H3,(H,18,19)(H,20,21). The number of ether oxygens (including phenoxy) is 1. The normalized spacial score (nSPS) is 16.1. The van der Waals surface area contributed by atoms with Gasteiger partial charge in [0.2, 0.25) is 0 Å². The number of carboxylic acids is 1. The van der Waals surface area contributed by atoms with Crippen molar-refractivity contribution >= 4 is 11.9 Å². The van der Waals surface area contributed by atoms with Gasteiger partial charge in [-0.05, 0) is 63.8 Å². The third-order valence-corrected chi connectivity index (χ3v) is 3.93. The zero-order chi connectivity index (χ0) is 16.2. The summed E-state index contributed by atoms with van der Waals surface area (Å²) in [6.45, 7) is 2.90. The number of aliphatic carboxylic acids is 1. The van der Waals surface area contributed by atoms with Crippen molar-refractivity contribution in [3.63, 3.8) is 0 Å². The SMILES string of the molecule is CC(C)(NC(=O)c1ccc(OC2CCCCC2)cc1)C(=O)O. The topological polar surface area (TPSA) is 75.6 Å². The van der Waals surface area contributed by atoms with Gasteiger partial charge in [0.25, 0.3) is 5.91 Å². The highest BCUT2D eigenvalue weighted by molar-refractivity contribution is 5.97. The first-order chi connectivity index (χ1) is 10.4. The van der Waals surface area contributed by atoms with Gasteiger partial charge in [-0.1, -0.05) is 6.42 Å². The Kier molecular flexibility index (Phi) is 5.06. The van der Waals surface area contributed by atoms with Gasteiger partial charge in [-0.3, -0.25) is 4.79 Å². The summed E-state index contributed by atoms with van der Waals surface area (Å²) >= 11 is 0. The number of nitrogens with one attached hydrogen (secondary N) is 1. The number of carbonyl (C=O) groups excluding carboxylic acids is 1. The Morgan fingerprint density at radius 3 is 2.27 bits per heavy atom. The summed E-state index contributed by atoms with van der Waals surface area (Å²) in [6, 6.07) is 6.84. The lowest BCUT2D eigenvalue weighted by Crippen LogP contribution is -2.49. The van der Waals surface area contributed by atoms with E-state index in [2.05, 4.69) is 5.32 Å². The molecule has 1 aliphatic rings. The summed E-state index contributed by atoms with van der Waals surface area (Å²) in [5, 5.41) is 11.5. The lowest BCUT2D eigenvalue weighted by molar-refractivity contribution is -0.143. The maximum atomic E-state index is 12.1.